The van der Waals surface area contributed by atoms with Gasteiger partial charge in [-0.05, 0) is 38.3 Å². The number of hydrogen-bond donors (Lipinski definition) is 1. The monoisotopic (exact) mass is 352 g/mol. The first-order valence-electron chi connectivity index (χ1n) is 7.98. The van der Waals surface area contributed by atoms with E-state index in [0.29, 0.717) is 16.5 Å². The Balaban J connectivity index is 2.05. The van der Waals surface area contributed by atoms with Crippen LogP contribution in [0.2, 0.25) is 0 Å². The van der Waals surface area contributed by atoms with Crippen LogP contribution in [0.3, 0.4) is 0 Å². The van der Waals surface area contributed by atoms with E-state index in [1.54, 1.807) is 13.8 Å². The van der Waals surface area contributed by atoms with Crippen LogP contribution in [0, 0.1) is 24.5 Å². The maximum Gasteiger partial charge on any atom is 0.263 e. The molecule has 1 N–H and O–H groups in total. The van der Waals surface area contributed by atoms with E-state index in [-0.39, 0.29) is 23.9 Å². The van der Waals surface area contributed by atoms with Crippen molar-refractivity contribution in [2.45, 2.75) is 46.6 Å². The van der Waals surface area contributed by atoms with Crippen LogP contribution in [-0.4, -0.2) is 16.9 Å². The maximum absolute atomic E-state index is 13.7. The summed E-state index contributed by atoms with van der Waals surface area (Å²) in [5.74, 6) is -0.966. The van der Waals surface area contributed by atoms with Crippen molar-refractivity contribution in [2.75, 3.05) is 0 Å². The molecule has 0 saturated heterocycles. The van der Waals surface area contributed by atoms with Crippen molar-refractivity contribution >= 4 is 17.2 Å². The van der Waals surface area contributed by atoms with E-state index in [9.17, 15) is 13.6 Å². The molecule has 1 amide bonds. The molecule has 1 atom stereocenters. The lowest BCUT2D eigenvalue weighted by Crippen LogP contribution is -2.34. The van der Waals surface area contributed by atoms with E-state index in [0.717, 1.165) is 11.4 Å². The van der Waals surface area contributed by atoms with Crippen molar-refractivity contribution in [1.82, 2.24) is 10.3 Å². The Kier molecular flexibility index (Phi) is 6.04. The summed E-state index contributed by atoms with van der Waals surface area (Å²) < 4.78 is 27.4. The molecule has 2 rings (SSSR count). The van der Waals surface area contributed by atoms with E-state index < -0.39 is 11.6 Å². The third-order valence-electron chi connectivity index (χ3n) is 3.58. The molecule has 0 aliphatic rings. The molecule has 0 fully saturated rings. The molecular formula is C18H22F2N2OS. The fraction of sp³-hybridized carbons (Fsp3) is 0.444. The Morgan fingerprint density at radius 2 is 1.83 bits per heavy atom. The Hall–Kier alpha value is -1.82. The fourth-order valence-electron chi connectivity index (χ4n) is 2.47. The van der Waals surface area contributed by atoms with E-state index in [4.69, 9.17) is 0 Å². The molecule has 2 aromatic rings. The number of carbonyl (C=O) groups is 1. The first kappa shape index (κ1) is 18.5. The SMILES string of the molecule is Cc1nc(CC(C)C)sc1C(=O)NC(C)Cc1c(F)cccc1F. The van der Waals surface area contributed by atoms with Gasteiger partial charge in [-0.3, -0.25) is 4.79 Å². The Morgan fingerprint density at radius 1 is 1.21 bits per heavy atom. The molecule has 0 saturated carbocycles. The average molecular weight is 352 g/mol. The van der Waals surface area contributed by atoms with Crippen LogP contribution >= 0.6 is 11.3 Å². The first-order chi connectivity index (χ1) is 11.3. The van der Waals surface area contributed by atoms with Crippen LogP contribution in [0.15, 0.2) is 18.2 Å². The number of benzene rings is 1. The molecule has 0 radical (unpaired) electrons. The highest BCUT2D eigenvalue weighted by Crippen LogP contribution is 2.21. The molecule has 3 nitrogen and oxygen atoms in total. The van der Waals surface area contributed by atoms with E-state index >= 15 is 0 Å². The predicted octanol–water partition coefficient (Wildman–Crippen LogP) is 4.29. The number of aromatic nitrogens is 1. The van der Waals surface area contributed by atoms with Crippen LogP contribution < -0.4 is 5.32 Å². The van der Waals surface area contributed by atoms with E-state index in [2.05, 4.69) is 24.1 Å². The number of hydrogen-bond acceptors (Lipinski definition) is 3. The number of nitrogens with one attached hydrogen (secondary N) is 1. The second-order valence-electron chi connectivity index (χ2n) is 6.40. The Morgan fingerprint density at radius 3 is 2.42 bits per heavy atom. The van der Waals surface area contributed by atoms with Gasteiger partial charge in [0.15, 0.2) is 0 Å². The van der Waals surface area contributed by atoms with Crippen molar-refractivity contribution < 1.29 is 13.6 Å². The molecule has 0 spiro atoms. The highest BCUT2D eigenvalue weighted by atomic mass is 32.1. The smallest absolute Gasteiger partial charge is 0.263 e. The molecule has 1 unspecified atom stereocenters. The Labute approximate surface area is 145 Å². The van der Waals surface area contributed by atoms with Gasteiger partial charge in [0, 0.05) is 18.0 Å². The summed E-state index contributed by atoms with van der Waals surface area (Å²) in [6, 6.07) is 3.38. The lowest BCUT2D eigenvalue weighted by atomic mass is 10.1. The molecule has 6 heteroatoms. The zero-order valence-corrected chi connectivity index (χ0v) is 15.1. The molecular weight excluding hydrogens is 330 g/mol. The van der Waals surface area contributed by atoms with Crippen molar-refractivity contribution in [3.63, 3.8) is 0 Å². The summed E-state index contributed by atoms with van der Waals surface area (Å²) in [6.07, 6.45) is 0.926. The number of rotatable bonds is 6. The van der Waals surface area contributed by atoms with Crippen LogP contribution in [0.4, 0.5) is 8.78 Å². The first-order valence-corrected chi connectivity index (χ1v) is 8.79. The third-order valence-corrected chi connectivity index (χ3v) is 4.76. The van der Waals surface area contributed by atoms with Gasteiger partial charge in [-0.2, -0.15) is 0 Å². The van der Waals surface area contributed by atoms with Crippen LogP contribution in [0.5, 0.6) is 0 Å². The zero-order valence-electron chi connectivity index (χ0n) is 14.3. The molecule has 1 aromatic heterocycles. The quantitative estimate of drug-likeness (QED) is 0.843. The molecule has 0 aliphatic carbocycles. The second kappa shape index (κ2) is 7.83. The number of halogens is 2. The normalized spacial score (nSPS) is 12.5. The summed E-state index contributed by atoms with van der Waals surface area (Å²) in [5, 5.41) is 3.74. The molecule has 1 aromatic carbocycles. The van der Waals surface area contributed by atoms with Gasteiger partial charge >= 0.3 is 0 Å². The van der Waals surface area contributed by atoms with Gasteiger partial charge in [0.1, 0.15) is 16.5 Å². The molecule has 130 valence electrons. The number of aryl methyl sites for hydroxylation is 1. The van der Waals surface area contributed by atoms with E-state index in [1.807, 2.05) is 0 Å². The largest absolute Gasteiger partial charge is 0.348 e. The van der Waals surface area contributed by atoms with Crippen molar-refractivity contribution in [2.24, 2.45) is 5.92 Å². The minimum absolute atomic E-state index is 0.00757. The topological polar surface area (TPSA) is 42.0 Å². The number of carbonyl (C=O) groups excluding carboxylic acids is 1. The van der Waals surface area contributed by atoms with Crippen LogP contribution in [0.25, 0.3) is 0 Å². The van der Waals surface area contributed by atoms with Gasteiger partial charge in [0.25, 0.3) is 5.91 Å². The van der Waals surface area contributed by atoms with Gasteiger partial charge in [0.05, 0.1) is 10.7 Å². The zero-order chi connectivity index (χ0) is 17.9. The number of nitrogens with zero attached hydrogens (tertiary/aromatic N) is 1. The van der Waals surface area contributed by atoms with Crippen molar-refractivity contribution in [1.29, 1.82) is 0 Å². The standard InChI is InChI=1S/C18H22F2N2OS/c1-10(2)8-16-22-12(4)17(24-16)18(23)21-11(3)9-13-14(19)6-5-7-15(13)20/h5-7,10-11H,8-9H2,1-4H3,(H,21,23). The van der Waals surface area contributed by atoms with Gasteiger partial charge in [-0.25, -0.2) is 13.8 Å². The van der Waals surface area contributed by atoms with Gasteiger partial charge < -0.3 is 5.32 Å². The highest BCUT2D eigenvalue weighted by molar-refractivity contribution is 7.13. The minimum atomic E-state index is -0.593. The van der Waals surface area contributed by atoms with Crippen molar-refractivity contribution in [3.8, 4) is 0 Å². The van der Waals surface area contributed by atoms with Gasteiger partial charge in [-0.1, -0.05) is 19.9 Å². The van der Waals surface area contributed by atoms with E-state index in [1.165, 1.54) is 29.5 Å². The lowest BCUT2D eigenvalue weighted by molar-refractivity contribution is 0.0943. The fourth-order valence-corrected chi connectivity index (χ4v) is 3.65. The molecule has 0 aliphatic heterocycles. The van der Waals surface area contributed by atoms with Crippen LogP contribution in [0.1, 0.15) is 46.7 Å². The maximum atomic E-state index is 13.7. The summed E-state index contributed by atoms with van der Waals surface area (Å²) in [7, 11) is 0. The summed E-state index contributed by atoms with van der Waals surface area (Å²) in [6.45, 7) is 7.73. The highest BCUT2D eigenvalue weighted by Gasteiger charge is 2.19. The third kappa shape index (κ3) is 4.60. The summed E-state index contributed by atoms with van der Waals surface area (Å²) in [4.78, 5) is 17.4. The van der Waals surface area contributed by atoms with Gasteiger partial charge in [0.2, 0.25) is 0 Å². The Bertz CT molecular complexity index is 708. The minimum Gasteiger partial charge on any atom is -0.348 e. The number of amides is 1. The predicted molar refractivity (Wildman–Crippen MR) is 92.4 cm³/mol. The molecule has 0 bridgehead atoms. The van der Waals surface area contributed by atoms with Crippen molar-refractivity contribution in [3.05, 3.63) is 51.0 Å². The average Bonchev–Trinajstić information content (AvgIpc) is 2.83. The lowest BCUT2D eigenvalue weighted by Gasteiger charge is -2.14. The summed E-state index contributed by atoms with van der Waals surface area (Å²) in [5.41, 5.74) is 0.684. The van der Waals surface area contributed by atoms with Crippen LogP contribution in [-0.2, 0) is 12.8 Å². The molecule has 24 heavy (non-hydrogen) atoms. The number of thiazole rings is 1. The summed E-state index contributed by atoms with van der Waals surface area (Å²) >= 11 is 1.38. The molecule has 1 heterocycles. The van der Waals surface area contributed by atoms with Gasteiger partial charge in [-0.15, -0.1) is 11.3 Å². The second-order valence-corrected chi connectivity index (χ2v) is 7.48.